The Bertz CT molecular complexity index is 1000. The van der Waals surface area contributed by atoms with E-state index in [1.54, 1.807) is 19.1 Å². The van der Waals surface area contributed by atoms with E-state index in [9.17, 15) is 14.0 Å². The normalized spacial score (nSPS) is 11.9. The lowest BCUT2D eigenvalue weighted by molar-refractivity contribution is -0.141. The average Bonchev–Trinajstić information content (AvgIpc) is 3.12. The van der Waals surface area contributed by atoms with Crippen LogP contribution in [0.2, 0.25) is 0 Å². The van der Waals surface area contributed by atoms with Gasteiger partial charge in [0.05, 0.1) is 17.3 Å². The zero-order chi connectivity index (χ0) is 17.3. The lowest BCUT2D eigenvalue weighted by Gasteiger charge is -2.03. The second kappa shape index (κ2) is 6.36. The smallest absolute Gasteiger partial charge is 0.325 e. The topological polar surface area (TPSA) is 86.7 Å². The molecule has 124 valence electrons. The molecule has 0 saturated heterocycles. The van der Waals surface area contributed by atoms with Gasteiger partial charge in [0.1, 0.15) is 18.1 Å². The zero-order valence-electron chi connectivity index (χ0n) is 12.8. The molecule has 0 spiro atoms. The number of aromatic nitrogens is 2. The molecule has 0 bridgehead atoms. The highest BCUT2D eigenvalue weighted by molar-refractivity contribution is 7.16. The first kappa shape index (κ1) is 16.1. The molecule has 2 heterocycles. The number of thiazole rings is 1. The van der Waals surface area contributed by atoms with Gasteiger partial charge >= 0.3 is 11.9 Å². The molecule has 9 heteroatoms. The summed E-state index contributed by atoms with van der Waals surface area (Å²) in [5.74, 6) is -1.27. The van der Waals surface area contributed by atoms with E-state index >= 15 is 0 Å². The Morgan fingerprint density at radius 2 is 2.25 bits per heavy atom. The number of nitrogens with zero attached hydrogens (tertiary/aromatic N) is 3. The van der Waals surface area contributed by atoms with Gasteiger partial charge in [0, 0.05) is 6.07 Å². The van der Waals surface area contributed by atoms with Crippen molar-refractivity contribution in [3.63, 3.8) is 0 Å². The van der Waals surface area contributed by atoms with Crippen LogP contribution in [0.5, 0.6) is 0 Å². The van der Waals surface area contributed by atoms with Crippen molar-refractivity contribution >= 4 is 33.4 Å². The van der Waals surface area contributed by atoms with Crippen molar-refractivity contribution < 1.29 is 23.2 Å². The van der Waals surface area contributed by atoms with Gasteiger partial charge in [0.25, 0.3) is 0 Å². The fourth-order valence-corrected chi connectivity index (χ4v) is 3.17. The summed E-state index contributed by atoms with van der Waals surface area (Å²) >= 11 is 1.09. The number of aryl methyl sites for hydroxylation is 1. The Hall–Kier alpha value is -2.81. The van der Waals surface area contributed by atoms with Gasteiger partial charge in [-0.3, -0.25) is 9.59 Å². The van der Waals surface area contributed by atoms with E-state index in [4.69, 9.17) is 4.52 Å². The Labute approximate surface area is 139 Å². The number of carbonyl (C=O) groups excluding carboxylic acids is 2. The number of benzene rings is 1. The van der Waals surface area contributed by atoms with Gasteiger partial charge in [-0.15, -0.1) is 0 Å². The molecule has 3 rings (SSSR count). The summed E-state index contributed by atoms with van der Waals surface area (Å²) in [6.45, 7) is 1.39. The highest BCUT2D eigenvalue weighted by Crippen LogP contribution is 2.20. The predicted molar refractivity (Wildman–Crippen MR) is 82.9 cm³/mol. The third kappa shape index (κ3) is 2.98. The standard InChI is InChI=1S/C15H12FN3O4S/c1-8-6-10(18-23-8)14(21)17-15-19(7-12(20)22-2)13-9(16)4-3-5-11(13)24-15/h3-6H,7H2,1-2H3. The van der Waals surface area contributed by atoms with Crippen LogP contribution in [0.4, 0.5) is 4.39 Å². The lowest BCUT2D eigenvalue weighted by atomic mass is 10.3. The molecule has 3 aromatic rings. The van der Waals surface area contributed by atoms with Crippen LogP contribution in [-0.2, 0) is 16.1 Å². The summed E-state index contributed by atoms with van der Waals surface area (Å²) in [5, 5.41) is 3.60. The minimum atomic E-state index is -0.641. The number of halogens is 1. The molecule has 0 radical (unpaired) electrons. The molecule has 0 N–H and O–H groups in total. The second-order valence-corrected chi connectivity index (χ2v) is 5.88. The van der Waals surface area contributed by atoms with Gasteiger partial charge in [0.2, 0.25) is 0 Å². The van der Waals surface area contributed by atoms with E-state index in [1.165, 1.54) is 23.8 Å². The maximum Gasteiger partial charge on any atom is 0.325 e. The van der Waals surface area contributed by atoms with Crippen molar-refractivity contribution in [3.05, 3.63) is 46.3 Å². The van der Waals surface area contributed by atoms with E-state index < -0.39 is 17.7 Å². The van der Waals surface area contributed by atoms with Crippen LogP contribution in [0.15, 0.2) is 33.8 Å². The third-order valence-corrected chi connectivity index (χ3v) is 4.25. The molecule has 1 aromatic carbocycles. The van der Waals surface area contributed by atoms with Crippen molar-refractivity contribution in [3.8, 4) is 0 Å². The number of hydrogen-bond acceptors (Lipinski definition) is 6. The van der Waals surface area contributed by atoms with Crippen LogP contribution in [-0.4, -0.2) is 28.7 Å². The van der Waals surface area contributed by atoms with Crippen LogP contribution in [0.1, 0.15) is 16.2 Å². The summed E-state index contributed by atoms with van der Waals surface area (Å²) in [5.41, 5.74) is 0.228. The number of para-hydroxylation sites is 1. The minimum absolute atomic E-state index is 0.0371. The third-order valence-electron chi connectivity index (χ3n) is 3.21. The first-order chi connectivity index (χ1) is 11.5. The van der Waals surface area contributed by atoms with E-state index in [2.05, 4.69) is 14.9 Å². The van der Waals surface area contributed by atoms with Gasteiger partial charge in [-0.1, -0.05) is 22.6 Å². The largest absolute Gasteiger partial charge is 0.468 e. The van der Waals surface area contributed by atoms with Crippen molar-refractivity contribution in [2.75, 3.05) is 7.11 Å². The summed E-state index contributed by atoms with van der Waals surface area (Å²) in [6.07, 6.45) is 0. The van der Waals surface area contributed by atoms with Crippen molar-refractivity contribution in [1.29, 1.82) is 0 Å². The Kier molecular flexibility index (Phi) is 4.26. The number of esters is 1. The molecule has 24 heavy (non-hydrogen) atoms. The molecule has 0 saturated carbocycles. The fourth-order valence-electron chi connectivity index (χ4n) is 2.12. The highest BCUT2D eigenvalue weighted by atomic mass is 32.1. The van der Waals surface area contributed by atoms with Gasteiger partial charge in [-0.2, -0.15) is 4.99 Å². The number of carbonyl (C=O) groups is 2. The van der Waals surface area contributed by atoms with E-state index in [-0.39, 0.29) is 22.6 Å². The number of methoxy groups -OCH3 is 1. The summed E-state index contributed by atoms with van der Waals surface area (Å²) in [7, 11) is 1.23. The number of rotatable bonds is 3. The monoisotopic (exact) mass is 349 g/mol. The SMILES string of the molecule is COC(=O)Cn1c(=NC(=O)c2cc(C)on2)sc2cccc(F)c21. The van der Waals surface area contributed by atoms with Crippen molar-refractivity contribution in [2.24, 2.45) is 4.99 Å². The number of amides is 1. The van der Waals surface area contributed by atoms with Crippen LogP contribution in [0.25, 0.3) is 10.2 Å². The Morgan fingerprint density at radius 3 is 2.92 bits per heavy atom. The van der Waals surface area contributed by atoms with Gasteiger partial charge in [-0.05, 0) is 19.1 Å². The predicted octanol–water partition coefficient (Wildman–Crippen LogP) is 2.05. The van der Waals surface area contributed by atoms with E-state index in [0.717, 1.165) is 11.3 Å². The summed E-state index contributed by atoms with van der Waals surface area (Å²) < 4.78 is 25.5. The average molecular weight is 349 g/mol. The first-order valence-corrected chi connectivity index (χ1v) is 7.68. The molecule has 0 aliphatic heterocycles. The number of hydrogen-bond donors (Lipinski definition) is 0. The van der Waals surface area contributed by atoms with Gasteiger partial charge < -0.3 is 13.8 Å². The quantitative estimate of drug-likeness (QED) is 0.676. The molecule has 7 nitrogen and oxygen atoms in total. The minimum Gasteiger partial charge on any atom is -0.468 e. The maximum atomic E-state index is 14.2. The lowest BCUT2D eigenvalue weighted by Crippen LogP contribution is -2.22. The van der Waals surface area contributed by atoms with Gasteiger partial charge in [0.15, 0.2) is 10.5 Å². The van der Waals surface area contributed by atoms with Crippen LogP contribution in [0, 0.1) is 12.7 Å². The Balaban J connectivity index is 2.17. The molecule has 0 unspecified atom stereocenters. The molecule has 0 fully saturated rings. The van der Waals surface area contributed by atoms with E-state index in [0.29, 0.717) is 10.5 Å². The van der Waals surface area contributed by atoms with Gasteiger partial charge in [-0.25, -0.2) is 4.39 Å². The molecule has 0 aliphatic rings. The first-order valence-electron chi connectivity index (χ1n) is 6.86. The van der Waals surface area contributed by atoms with Crippen LogP contribution < -0.4 is 4.80 Å². The summed E-state index contributed by atoms with van der Waals surface area (Å²) in [6, 6.07) is 5.95. The maximum absolute atomic E-state index is 14.2. The number of fused-ring (bicyclic) bond motifs is 1. The van der Waals surface area contributed by atoms with Crippen LogP contribution in [0.3, 0.4) is 0 Å². The van der Waals surface area contributed by atoms with Crippen LogP contribution >= 0.6 is 11.3 Å². The number of ether oxygens (including phenoxy) is 1. The molecule has 2 aromatic heterocycles. The molecular formula is C15H12FN3O4S. The van der Waals surface area contributed by atoms with Crippen molar-refractivity contribution in [1.82, 2.24) is 9.72 Å². The molecule has 0 atom stereocenters. The molecule has 0 aliphatic carbocycles. The van der Waals surface area contributed by atoms with Crippen molar-refractivity contribution in [2.45, 2.75) is 13.5 Å². The summed E-state index contributed by atoms with van der Waals surface area (Å²) in [4.78, 5) is 27.9. The molecule has 1 amide bonds. The zero-order valence-corrected chi connectivity index (χ0v) is 13.6. The Morgan fingerprint density at radius 1 is 1.46 bits per heavy atom. The molecular weight excluding hydrogens is 337 g/mol. The highest BCUT2D eigenvalue weighted by Gasteiger charge is 2.16. The van der Waals surface area contributed by atoms with E-state index in [1.807, 2.05) is 0 Å². The second-order valence-electron chi connectivity index (χ2n) is 4.87. The fraction of sp³-hybridized carbons (Fsp3) is 0.200.